The van der Waals surface area contributed by atoms with E-state index < -0.39 is 59.7 Å². The Morgan fingerprint density at radius 2 is 0.875 bits per heavy atom. The van der Waals surface area contributed by atoms with Crippen LogP contribution in [0.1, 0.15) is 124 Å². The van der Waals surface area contributed by atoms with E-state index in [1.165, 1.54) is 0 Å². The maximum absolute atomic E-state index is 12.2. The Morgan fingerprint density at radius 3 is 1.36 bits per heavy atom. The molecule has 414 valence electrons. The first kappa shape index (κ1) is 68.2. The van der Waals surface area contributed by atoms with Crippen LogP contribution in [0.25, 0.3) is 0 Å². The van der Waals surface area contributed by atoms with Gasteiger partial charge in [-0.2, -0.15) is 0 Å². The molecule has 0 aliphatic rings. The molecule has 0 aliphatic carbocycles. The first-order valence-corrected chi connectivity index (χ1v) is 24.4. The van der Waals surface area contributed by atoms with Gasteiger partial charge in [-0.3, -0.25) is 38.4 Å². The van der Waals surface area contributed by atoms with Crippen LogP contribution in [-0.4, -0.2) is 189 Å². The lowest BCUT2D eigenvalue weighted by molar-refractivity contribution is -0.144. The SMILES string of the molecule is CCNC(=O)COCCOCCNC(=O)CC[C@H](NC(=O)CCCCCCC(=O)O)C(=O)O.CCOCCOCC(=O)N[C@@H](CCC(=O)N[C@@H](CCC(=O)NCCCC[C@H](NC)C(=O)CC)C(=O)O)C(=O)O. The highest BCUT2D eigenvalue weighted by Gasteiger charge is 2.25. The summed E-state index contributed by atoms with van der Waals surface area (Å²) in [4.78, 5) is 128. The third-order valence-corrected chi connectivity index (χ3v) is 10.1. The summed E-state index contributed by atoms with van der Waals surface area (Å²) in [6.07, 6.45) is 4.15. The number of carboxylic acids is 4. The van der Waals surface area contributed by atoms with Crippen molar-refractivity contribution in [3.63, 3.8) is 0 Å². The number of ketones is 1. The third-order valence-electron chi connectivity index (χ3n) is 10.1. The molecule has 0 saturated heterocycles. The number of carbonyl (C=O) groups excluding carboxylic acids is 7. The largest absolute Gasteiger partial charge is 0.481 e. The van der Waals surface area contributed by atoms with Gasteiger partial charge in [-0.15, -0.1) is 0 Å². The number of hydrogen-bond acceptors (Lipinski definition) is 16. The fourth-order valence-corrected chi connectivity index (χ4v) is 6.20. The predicted octanol–water partition coefficient (Wildman–Crippen LogP) is -0.361. The molecule has 0 rings (SSSR count). The Balaban J connectivity index is 0. The second-order valence-corrected chi connectivity index (χ2v) is 16.0. The van der Waals surface area contributed by atoms with E-state index >= 15 is 0 Å². The topological polar surface area (TPSA) is 390 Å². The van der Waals surface area contributed by atoms with Gasteiger partial charge < -0.3 is 76.6 Å². The molecule has 0 aromatic rings. The third kappa shape index (κ3) is 40.9. The van der Waals surface area contributed by atoms with Crippen LogP contribution in [0.4, 0.5) is 0 Å². The summed E-state index contributed by atoms with van der Waals surface area (Å²) in [5, 5.41) is 54.3. The van der Waals surface area contributed by atoms with Crippen molar-refractivity contribution in [2.45, 2.75) is 148 Å². The number of rotatable bonds is 45. The van der Waals surface area contributed by atoms with Crippen molar-refractivity contribution in [3.8, 4) is 0 Å². The number of aliphatic carboxylic acids is 4. The molecule has 0 heterocycles. The zero-order valence-electron chi connectivity index (χ0n) is 42.3. The van der Waals surface area contributed by atoms with Crippen LogP contribution >= 0.6 is 0 Å². The van der Waals surface area contributed by atoms with E-state index in [0.717, 1.165) is 6.42 Å². The van der Waals surface area contributed by atoms with Gasteiger partial charge in [0.2, 0.25) is 35.4 Å². The zero-order valence-corrected chi connectivity index (χ0v) is 42.3. The fourth-order valence-electron chi connectivity index (χ4n) is 6.20. The fraction of sp³-hybridized carbons (Fsp3) is 0.761. The molecule has 0 bridgehead atoms. The van der Waals surface area contributed by atoms with Gasteiger partial charge in [-0.05, 0) is 72.3 Å². The Morgan fingerprint density at radius 1 is 0.417 bits per heavy atom. The molecule has 0 aliphatic heterocycles. The molecule has 11 N–H and O–H groups in total. The van der Waals surface area contributed by atoms with E-state index in [0.29, 0.717) is 71.2 Å². The van der Waals surface area contributed by atoms with Crippen LogP contribution in [-0.2, 0) is 71.7 Å². The van der Waals surface area contributed by atoms with E-state index in [1.807, 2.05) is 6.92 Å². The smallest absolute Gasteiger partial charge is 0.326 e. The van der Waals surface area contributed by atoms with Crippen LogP contribution in [0.3, 0.4) is 0 Å². The highest BCUT2D eigenvalue weighted by Crippen LogP contribution is 2.08. The number of carbonyl (C=O) groups is 11. The van der Waals surface area contributed by atoms with Gasteiger partial charge in [0.05, 0.1) is 39.1 Å². The van der Waals surface area contributed by atoms with Crippen molar-refractivity contribution in [1.82, 2.24) is 37.2 Å². The Labute approximate surface area is 420 Å². The first-order valence-electron chi connectivity index (χ1n) is 24.4. The maximum atomic E-state index is 12.2. The lowest BCUT2D eigenvalue weighted by Gasteiger charge is -2.17. The number of nitrogens with one attached hydrogen (secondary N) is 7. The number of amides is 6. The van der Waals surface area contributed by atoms with Crippen molar-refractivity contribution in [3.05, 3.63) is 0 Å². The number of carboxylic acid groups (broad SMARTS) is 4. The standard InChI is InChI=1S/C25H44N4O10.C21H37N3O9/c1-4-20(30)17(26-3)8-6-7-13-27-21(31)11-9-18(24(34)35)28-22(32)12-10-19(25(36)37)29-23(33)16-39-15-14-38-5-2;1-2-22-19(27)15-33-14-13-32-12-11-23-17(25)10-9-16(21(30)31)24-18(26)7-5-3-4-6-8-20(28)29/h17-19,26H,4-16H2,1-3H3,(H,27,31)(H,28,32)(H,29,33)(H,34,35)(H,36,37);16H,2-15H2,1H3,(H,22,27)(H,23,25)(H,24,26)(H,28,29)(H,30,31)/t17-,18-,19-;16-/m00/s1. The van der Waals surface area contributed by atoms with Crippen molar-refractivity contribution >= 4 is 65.1 Å². The van der Waals surface area contributed by atoms with Gasteiger partial charge in [-0.25, -0.2) is 14.4 Å². The molecule has 0 aromatic heterocycles. The van der Waals surface area contributed by atoms with Crippen LogP contribution in [0.5, 0.6) is 0 Å². The maximum Gasteiger partial charge on any atom is 0.326 e. The monoisotopic (exact) mass is 1040 g/mol. The average molecular weight is 1040 g/mol. The molecule has 0 unspecified atom stereocenters. The van der Waals surface area contributed by atoms with Gasteiger partial charge >= 0.3 is 23.9 Å². The lowest BCUT2D eigenvalue weighted by Crippen LogP contribution is -2.45. The molecule has 26 nitrogen and oxygen atoms in total. The summed E-state index contributed by atoms with van der Waals surface area (Å²) >= 11 is 0. The van der Waals surface area contributed by atoms with Crippen LogP contribution in [0, 0.1) is 0 Å². The zero-order chi connectivity index (χ0) is 54.5. The minimum absolute atomic E-state index is 0.0397. The van der Waals surface area contributed by atoms with E-state index in [-0.39, 0.29) is 127 Å². The molecular formula is C46H81N7O19. The first-order chi connectivity index (χ1) is 34.3. The molecule has 0 saturated carbocycles. The Hall–Kier alpha value is -5.83. The second kappa shape index (κ2) is 45.1. The van der Waals surface area contributed by atoms with Crippen LogP contribution in [0.15, 0.2) is 0 Å². The Bertz CT molecular complexity index is 1640. The summed E-state index contributed by atoms with van der Waals surface area (Å²) in [6.45, 7) is 7.85. The number of ether oxygens (including phenoxy) is 4. The summed E-state index contributed by atoms with van der Waals surface area (Å²) in [5.41, 5.74) is 0. The summed E-state index contributed by atoms with van der Waals surface area (Å²) in [7, 11) is 1.73. The molecule has 0 spiro atoms. The van der Waals surface area contributed by atoms with Gasteiger partial charge in [0.1, 0.15) is 37.1 Å². The normalized spacial score (nSPS) is 12.3. The predicted molar refractivity (Wildman–Crippen MR) is 257 cm³/mol. The van der Waals surface area contributed by atoms with Crippen molar-refractivity contribution < 1.29 is 92.1 Å². The quantitative estimate of drug-likeness (QED) is 0.0347. The van der Waals surface area contributed by atoms with Gasteiger partial charge in [0.15, 0.2) is 0 Å². The molecular weight excluding hydrogens is 955 g/mol. The van der Waals surface area contributed by atoms with Crippen molar-refractivity contribution in [2.24, 2.45) is 0 Å². The van der Waals surface area contributed by atoms with Gasteiger partial charge in [0.25, 0.3) is 0 Å². The summed E-state index contributed by atoms with van der Waals surface area (Å²) in [6, 6.07) is -4.07. The van der Waals surface area contributed by atoms with E-state index in [4.69, 9.17) is 24.1 Å². The minimum atomic E-state index is -1.36. The van der Waals surface area contributed by atoms with Gasteiger partial charge in [-0.1, -0.05) is 19.8 Å². The second-order valence-electron chi connectivity index (χ2n) is 16.0. The molecule has 26 heteroatoms. The van der Waals surface area contributed by atoms with E-state index in [9.17, 15) is 68.1 Å². The van der Waals surface area contributed by atoms with Crippen LogP contribution < -0.4 is 37.2 Å². The van der Waals surface area contributed by atoms with Crippen molar-refractivity contribution in [2.75, 3.05) is 79.5 Å². The summed E-state index contributed by atoms with van der Waals surface area (Å²) < 4.78 is 20.5. The number of likely N-dealkylation sites (N-methyl/N-ethyl adjacent to an activating group) is 2. The van der Waals surface area contributed by atoms with Crippen molar-refractivity contribution in [1.29, 1.82) is 0 Å². The average Bonchev–Trinajstić information content (AvgIpc) is 3.33. The highest BCUT2D eigenvalue weighted by molar-refractivity contribution is 5.87. The highest BCUT2D eigenvalue weighted by atomic mass is 16.5. The molecule has 6 amide bonds. The number of hydrogen-bond donors (Lipinski definition) is 11. The molecule has 0 aromatic carbocycles. The molecule has 4 atom stereocenters. The molecule has 0 fully saturated rings. The lowest BCUT2D eigenvalue weighted by atomic mass is 10.0. The molecule has 72 heavy (non-hydrogen) atoms. The van der Waals surface area contributed by atoms with E-state index in [1.54, 1.807) is 20.9 Å². The van der Waals surface area contributed by atoms with Crippen LogP contribution in [0.2, 0.25) is 0 Å². The number of Topliss-reactive ketones (excluding diaryl/α,β-unsaturated/α-hetero) is 1. The minimum Gasteiger partial charge on any atom is -0.481 e. The van der Waals surface area contributed by atoms with Gasteiger partial charge in [0, 0.05) is 64.8 Å². The molecule has 0 radical (unpaired) electrons. The summed E-state index contributed by atoms with van der Waals surface area (Å²) in [5.74, 6) is -7.36. The number of unbranched alkanes of at least 4 members (excludes halogenated alkanes) is 4. The Kier molecular flexibility index (Phi) is 42.7. The van der Waals surface area contributed by atoms with E-state index in [2.05, 4.69) is 37.2 Å².